The van der Waals surface area contributed by atoms with Gasteiger partial charge in [-0.05, 0) is 19.8 Å². The quantitative estimate of drug-likeness (QED) is 0.743. The van der Waals surface area contributed by atoms with Crippen molar-refractivity contribution in [3.05, 3.63) is 0 Å². The summed E-state index contributed by atoms with van der Waals surface area (Å²) < 4.78 is 4.98. The van der Waals surface area contributed by atoms with Crippen molar-refractivity contribution < 1.29 is 19.4 Å². The number of ether oxygens (including phenoxy) is 1. The van der Waals surface area contributed by atoms with E-state index in [-0.39, 0.29) is 24.7 Å². The Balaban J connectivity index is 2.60. The Bertz CT molecular complexity index is 291. The molecule has 6 nitrogen and oxygen atoms in total. The molecule has 1 unspecified atom stereocenters. The van der Waals surface area contributed by atoms with E-state index in [1.807, 2.05) is 6.92 Å². The molecule has 0 radical (unpaired) electrons. The summed E-state index contributed by atoms with van der Waals surface area (Å²) in [6.45, 7) is 2.08. The van der Waals surface area contributed by atoms with Crippen LogP contribution in [0.25, 0.3) is 0 Å². The van der Waals surface area contributed by atoms with Gasteiger partial charge in [-0.1, -0.05) is 0 Å². The lowest BCUT2D eigenvalue weighted by atomic mass is 10.3. The zero-order valence-electron chi connectivity index (χ0n) is 10.5. The van der Waals surface area contributed by atoms with Crippen molar-refractivity contribution in [3.8, 4) is 0 Å². The van der Waals surface area contributed by atoms with Crippen molar-refractivity contribution >= 4 is 12.0 Å². The van der Waals surface area contributed by atoms with Crippen LogP contribution in [0.3, 0.4) is 0 Å². The van der Waals surface area contributed by atoms with Gasteiger partial charge in [-0.2, -0.15) is 0 Å². The number of carbonyl (C=O) groups is 2. The number of nitrogens with zero attached hydrogens (tertiary/aromatic N) is 2. The van der Waals surface area contributed by atoms with Crippen molar-refractivity contribution in [1.82, 2.24) is 9.80 Å². The number of rotatable bonds is 6. The van der Waals surface area contributed by atoms with Gasteiger partial charge in [0.15, 0.2) is 0 Å². The number of aliphatic carboxylic acids is 1. The molecule has 98 valence electrons. The summed E-state index contributed by atoms with van der Waals surface area (Å²) in [6, 6.07) is -0.210. The summed E-state index contributed by atoms with van der Waals surface area (Å²) in [4.78, 5) is 25.8. The van der Waals surface area contributed by atoms with Crippen LogP contribution < -0.4 is 0 Å². The van der Waals surface area contributed by atoms with E-state index < -0.39 is 5.97 Å². The fraction of sp³-hybridized carbons (Fsp3) is 0.818. The summed E-state index contributed by atoms with van der Waals surface area (Å²) >= 11 is 0. The van der Waals surface area contributed by atoms with Gasteiger partial charge in [-0.25, -0.2) is 4.79 Å². The number of urea groups is 1. The van der Waals surface area contributed by atoms with Gasteiger partial charge in [0.05, 0.1) is 12.6 Å². The lowest BCUT2D eigenvalue weighted by molar-refractivity contribution is -0.137. The fourth-order valence-corrected chi connectivity index (χ4v) is 1.63. The third-order valence-electron chi connectivity index (χ3n) is 2.91. The Hall–Kier alpha value is -1.30. The number of likely N-dealkylation sites (N-methyl/N-ethyl adjacent to an activating group) is 1. The minimum Gasteiger partial charge on any atom is -0.480 e. The number of hydrogen-bond donors (Lipinski definition) is 1. The minimum absolute atomic E-state index is 0.0671. The SMILES string of the molecule is COCC(C)N(C)C(=O)N(CC(=O)O)C1CC1. The van der Waals surface area contributed by atoms with Crippen LogP contribution in [0.4, 0.5) is 4.79 Å². The zero-order chi connectivity index (χ0) is 13.0. The summed E-state index contributed by atoms with van der Waals surface area (Å²) in [6.07, 6.45) is 1.79. The molecule has 1 rings (SSSR count). The van der Waals surface area contributed by atoms with E-state index in [1.54, 1.807) is 14.2 Å². The molecule has 1 aliphatic rings. The van der Waals surface area contributed by atoms with Gasteiger partial charge in [0.25, 0.3) is 0 Å². The van der Waals surface area contributed by atoms with E-state index in [0.29, 0.717) is 6.61 Å². The third kappa shape index (κ3) is 3.89. The molecule has 6 heteroatoms. The first-order valence-corrected chi connectivity index (χ1v) is 5.71. The van der Waals surface area contributed by atoms with Crippen molar-refractivity contribution in [2.24, 2.45) is 0 Å². The fourth-order valence-electron chi connectivity index (χ4n) is 1.63. The molecule has 1 N–H and O–H groups in total. The molecule has 0 bridgehead atoms. The van der Waals surface area contributed by atoms with Gasteiger partial charge in [-0.3, -0.25) is 4.79 Å². The van der Waals surface area contributed by atoms with Gasteiger partial charge in [-0.15, -0.1) is 0 Å². The van der Waals surface area contributed by atoms with Crippen LogP contribution in [0.2, 0.25) is 0 Å². The standard InChI is InChI=1S/C11H20N2O4/c1-8(7-17-3)12(2)11(16)13(6-10(14)15)9-4-5-9/h8-9H,4-7H2,1-3H3,(H,14,15). The Kier molecular flexibility index (Phi) is 4.74. The van der Waals surface area contributed by atoms with Gasteiger partial charge in [0.1, 0.15) is 6.54 Å². The van der Waals surface area contributed by atoms with Crippen LogP contribution >= 0.6 is 0 Å². The van der Waals surface area contributed by atoms with Crippen LogP contribution in [-0.2, 0) is 9.53 Å². The maximum atomic E-state index is 12.1. The molecule has 2 amide bonds. The van der Waals surface area contributed by atoms with Crippen LogP contribution in [0, 0.1) is 0 Å². The third-order valence-corrected chi connectivity index (χ3v) is 2.91. The molecule has 1 aliphatic carbocycles. The molecule has 1 fully saturated rings. The largest absolute Gasteiger partial charge is 0.480 e. The topological polar surface area (TPSA) is 70.1 Å². The molecule has 0 heterocycles. The monoisotopic (exact) mass is 244 g/mol. The van der Waals surface area contributed by atoms with Crippen LogP contribution in [-0.4, -0.2) is 66.3 Å². The highest BCUT2D eigenvalue weighted by atomic mass is 16.5. The average molecular weight is 244 g/mol. The Morgan fingerprint density at radius 2 is 2.06 bits per heavy atom. The van der Waals surface area contributed by atoms with Crippen molar-refractivity contribution in [1.29, 1.82) is 0 Å². The maximum absolute atomic E-state index is 12.1. The van der Waals surface area contributed by atoms with Crippen LogP contribution in [0.5, 0.6) is 0 Å². The first-order valence-electron chi connectivity index (χ1n) is 5.71. The lowest BCUT2D eigenvalue weighted by Gasteiger charge is -2.30. The second-order valence-corrected chi connectivity index (χ2v) is 4.45. The molecule has 17 heavy (non-hydrogen) atoms. The zero-order valence-corrected chi connectivity index (χ0v) is 10.5. The number of carboxylic acid groups (broad SMARTS) is 1. The van der Waals surface area contributed by atoms with E-state index in [1.165, 1.54) is 9.80 Å². The van der Waals surface area contributed by atoms with Crippen molar-refractivity contribution in [3.63, 3.8) is 0 Å². The summed E-state index contributed by atoms with van der Waals surface area (Å²) in [7, 11) is 3.24. The first kappa shape index (κ1) is 13.8. The highest BCUT2D eigenvalue weighted by Gasteiger charge is 2.36. The van der Waals surface area contributed by atoms with E-state index in [2.05, 4.69) is 0 Å². The Morgan fingerprint density at radius 1 is 1.47 bits per heavy atom. The number of carboxylic acids is 1. The van der Waals surface area contributed by atoms with Gasteiger partial charge in [0, 0.05) is 20.2 Å². The molecule has 0 aromatic heterocycles. The molecule has 0 aromatic rings. The number of carbonyl (C=O) groups excluding carboxylic acids is 1. The molecule has 0 aliphatic heterocycles. The molecule has 1 saturated carbocycles. The molecule has 0 saturated heterocycles. The van der Waals surface area contributed by atoms with E-state index in [0.717, 1.165) is 12.8 Å². The molecule has 0 aromatic carbocycles. The van der Waals surface area contributed by atoms with Gasteiger partial charge in [0.2, 0.25) is 0 Å². The second-order valence-electron chi connectivity index (χ2n) is 4.45. The van der Waals surface area contributed by atoms with Gasteiger partial charge < -0.3 is 19.6 Å². The second kappa shape index (κ2) is 5.86. The highest BCUT2D eigenvalue weighted by molar-refractivity contribution is 5.80. The highest BCUT2D eigenvalue weighted by Crippen LogP contribution is 2.27. The summed E-state index contributed by atoms with van der Waals surface area (Å²) in [5.41, 5.74) is 0. The normalized spacial score (nSPS) is 16.4. The molecular formula is C11H20N2O4. The van der Waals surface area contributed by atoms with E-state index in [4.69, 9.17) is 9.84 Å². The molecule has 1 atom stereocenters. The summed E-state index contributed by atoms with van der Waals surface area (Å²) in [5, 5.41) is 8.80. The van der Waals surface area contributed by atoms with Gasteiger partial charge >= 0.3 is 12.0 Å². The average Bonchev–Trinajstić information content (AvgIpc) is 3.07. The first-order chi connectivity index (χ1) is 7.97. The van der Waals surface area contributed by atoms with Crippen LogP contribution in [0.15, 0.2) is 0 Å². The Labute approximate surface area is 101 Å². The van der Waals surface area contributed by atoms with Crippen LogP contribution in [0.1, 0.15) is 19.8 Å². The maximum Gasteiger partial charge on any atom is 0.323 e. The predicted molar refractivity (Wildman–Crippen MR) is 61.9 cm³/mol. The summed E-state index contributed by atoms with van der Waals surface area (Å²) in [5.74, 6) is -0.974. The smallest absolute Gasteiger partial charge is 0.323 e. The lowest BCUT2D eigenvalue weighted by Crippen LogP contribution is -2.49. The number of hydrogen-bond acceptors (Lipinski definition) is 3. The molecular weight excluding hydrogens is 224 g/mol. The number of amides is 2. The predicted octanol–water partition coefficient (Wildman–Crippen LogP) is 0.622. The Morgan fingerprint density at radius 3 is 2.47 bits per heavy atom. The minimum atomic E-state index is -0.974. The van der Waals surface area contributed by atoms with Crippen molar-refractivity contribution in [2.45, 2.75) is 31.8 Å². The van der Waals surface area contributed by atoms with Crippen molar-refractivity contribution in [2.75, 3.05) is 27.3 Å². The molecule has 0 spiro atoms. The number of methoxy groups -OCH3 is 1. The van der Waals surface area contributed by atoms with E-state index in [9.17, 15) is 9.59 Å². The van der Waals surface area contributed by atoms with E-state index >= 15 is 0 Å².